The minimum atomic E-state index is -4.39. The smallest absolute Gasteiger partial charge is 0.348 e. The van der Waals surface area contributed by atoms with Crippen molar-refractivity contribution in [3.8, 4) is 0 Å². The lowest BCUT2D eigenvalue weighted by molar-refractivity contribution is -0.137. The van der Waals surface area contributed by atoms with Crippen molar-refractivity contribution >= 4 is 18.3 Å². The molecule has 1 rings (SSSR count). The number of nitrogens with two attached hydrogens (primary N) is 1. The topological polar surface area (TPSA) is 55.1 Å². The summed E-state index contributed by atoms with van der Waals surface area (Å²) in [4.78, 5) is 11.6. The van der Waals surface area contributed by atoms with Crippen LogP contribution in [-0.2, 0) is 11.0 Å². The fourth-order valence-corrected chi connectivity index (χ4v) is 1.57. The molecule has 1 aromatic rings. The van der Waals surface area contributed by atoms with Crippen molar-refractivity contribution in [3.63, 3.8) is 0 Å². The van der Waals surface area contributed by atoms with E-state index in [1.165, 1.54) is 12.1 Å². The summed E-state index contributed by atoms with van der Waals surface area (Å²) in [6, 6.07) is 3.72. The molecule has 20 heavy (non-hydrogen) atoms. The molecule has 0 spiro atoms. The molecule has 0 saturated carbocycles. The lowest BCUT2D eigenvalue weighted by Gasteiger charge is -2.18. The minimum Gasteiger partial charge on any atom is -0.348 e. The lowest BCUT2D eigenvalue weighted by atomic mass is 10.0. The van der Waals surface area contributed by atoms with Gasteiger partial charge in [-0.15, -0.1) is 12.4 Å². The number of carbonyl (C=O) groups is 1. The molecule has 2 atom stereocenters. The average molecular weight is 311 g/mol. The Kier molecular flexibility index (Phi) is 7.02. The zero-order chi connectivity index (χ0) is 14.6. The average Bonchev–Trinajstić information content (AvgIpc) is 2.36. The van der Waals surface area contributed by atoms with E-state index in [1.54, 1.807) is 13.8 Å². The van der Waals surface area contributed by atoms with Crippen molar-refractivity contribution in [2.75, 3.05) is 0 Å². The molecular formula is C13H18ClF3N2O. The van der Waals surface area contributed by atoms with Gasteiger partial charge in [0.1, 0.15) is 0 Å². The zero-order valence-corrected chi connectivity index (χ0v) is 12.0. The normalized spacial score (nSPS) is 14.1. The van der Waals surface area contributed by atoms with Crippen molar-refractivity contribution in [2.24, 2.45) is 5.73 Å². The fourth-order valence-electron chi connectivity index (χ4n) is 1.57. The molecule has 3 nitrogen and oxygen atoms in total. The molecule has 0 bridgehead atoms. The molecule has 1 unspecified atom stereocenters. The molecule has 0 heterocycles. The van der Waals surface area contributed by atoms with E-state index in [4.69, 9.17) is 5.73 Å². The first-order chi connectivity index (χ1) is 8.75. The molecule has 0 radical (unpaired) electrons. The van der Waals surface area contributed by atoms with Crippen molar-refractivity contribution in [1.29, 1.82) is 0 Å². The predicted octanol–water partition coefficient (Wildman–Crippen LogP) is 3.04. The van der Waals surface area contributed by atoms with Gasteiger partial charge >= 0.3 is 6.18 Å². The van der Waals surface area contributed by atoms with Crippen molar-refractivity contribution in [3.05, 3.63) is 35.4 Å². The molecule has 114 valence electrons. The summed E-state index contributed by atoms with van der Waals surface area (Å²) in [7, 11) is 0. The highest BCUT2D eigenvalue weighted by Gasteiger charge is 2.30. The number of rotatable bonds is 4. The largest absolute Gasteiger partial charge is 0.416 e. The number of halogens is 4. The molecule has 0 aliphatic rings. The Bertz CT molecular complexity index is 451. The second-order valence-corrected chi connectivity index (χ2v) is 4.37. The molecule has 0 saturated heterocycles. The second-order valence-electron chi connectivity index (χ2n) is 4.37. The Balaban J connectivity index is 0.00000361. The zero-order valence-electron chi connectivity index (χ0n) is 11.2. The van der Waals surface area contributed by atoms with Crippen LogP contribution in [-0.4, -0.2) is 11.9 Å². The summed E-state index contributed by atoms with van der Waals surface area (Å²) in [5.74, 6) is -0.368. The summed E-state index contributed by atoms with van der Waals surface area (Å²) in [6.07, 6.45) is -3.92. The predicted molar refractivity (Wildman–Crippen MR) is 73.5 cm³/mol. The quantitative estimate of drug-likeness (QED) is 0.898. The van der Waals surface area contributed by atoms with Crippen LogP contribution in [0.5, 0.6) is 0 Å². The van der Waals surface area contributed by atoms with Crippen LogP contribution in [0.15, 0.2) is 24.3 Å². The van der Waals surface area contributed by atoms with Crippen molar-refractivity contribution in [2.45, 2.75) is 38.5 Å². The van der Waals surface area contributed by atoms with Crippen LogP contribution >= 0.6 is 12.4 Å². The van der Waals surface area contributed by atoms with Gasteiger partial charge in [-0.05, 0) is 31.0 Å². The number of nitrogens with one attached hydrogen (secondary N) is 1. The molecule has 0 aliphatic heterocycles. The van der Waals surface area contributed by atoms with Gasteiger partial charge in [-0.2, -0.15) is 13.2 Å². The number of benzene rings is 1. The van der Waals surface area contributed by atoms with E-state index in [0.29, 0.717) is 12.0 Å². The highest BCUT2D eigenvalue weighted by atomic mass is 35.5. The standard InChI is InChI=1S/C13H17F3N2O.ClH/c1-3-11(17)12(19)18-8(2)9-5-4-6-10(7-9)13(14,15)16;/h4-8,11H,3,17H2,1-2H3,(H,18,19);1H/t8?,11-;/m0./s1. The summed E-state index contributed by atoms with van der Waals surface area (Å²) in [6.45, 7) is 3.38. The first-order valence-electron chi connectivity index (χ1n) is 5.98. The van der Waals surface area contributed by atoms with Crippen LogP contribution < -0.4 is 11.1 Å². The first-order valence-corrected chi connectivity index (χ1v) is 5.98. The van der Waals surface area contributed by atoms with Gasteiger partial charge in [-0.1, -0.05) is 19.1 Å². The number of carbonyl (C=O) groups excluding carboxylic acids is 1. The Hall–Kier alpha value is -1.27. The fraction of sp³-hybridized carbons (Fsp3) is 0.462. The van der Waals surface area contributed by atoms with Gasteiger partial charge in [0.15, 0.2) is 0 Å². The van der Waals surface area contributed by atoms with Crippen molar-refractivity contribution < 1.29 is 18.0 Å². The second kappa shape index (κ2) is 7.50. The van der Waals surface area contributed by atoms with E-state index in [9.17, 15) is 18.0 Å². The Morgan fingerprint density at radius 1 is 1.40 bits per heavy atom. The maximum Gasteiger partial charge on any atom is 0.416 e. The summed E-state index contributed by atoms with van der Waals surface area (Å²) < 4.78 is 37.7. The van der Waals surface area contributed by atoms with Gasteiger partial charge in [0.05, 0.1) is 17.6 Å². The van der Waals surface area contributed by atoms with Crippen LogP contribution in [0.4, 0.5) is 13.2 Å². The van der Waals surface area contributed by atoms with E-state index in [-0.39, 0.29) is 18.3 Å². The van der Waals surface area contributed by atoms with E-state index in [0.717, 1.165) is 12.1 Å². The third kappa shape index (κ3) is 5.02. The Morgan fingerprint density at radius 3 is 2.50 bits per heavy atom. The molecule has 0 fully saturated rings. The highest BCUT2D eigenvalue weighted by Crippen LogP contribution is 2.30. The lowest BCUT2D eigenvalue weighted by Crippen LogP contribution is -2.41. The van der Waals surface area contributed by atoms with Gasteiger partial charge in [0.25, 0.3) is 0 Å². The third-order valence-electron chi connectivity index (χ3n) is 2.85. The van der Waals surface area contributed by atoms with E-state index < -0.39 is 23.8 Å². The monoisotopic (exact) mass is 310 g/mol. The van der Waals surface area contributed by atoms with Crippen LogP contribution in [0, 0.1) is 0 Å². The van der Waals surface area contributed by atoms with Crippen LogP contribution in [0.25, 0.3) is 0 Å². The highest BCUT2D eigenvalue weighted by molar-refractivity contribution is 5.85. The summed E-state index contributed by atoms with van der Waals surface area (Å²) in [5, 5.41) is 2.59. The Morgan fingerprint density at radius 2 is 2.00 bits per heavy atom. The van der Waals surface area contributed by atoms with Crippen LogP contribution in [0.2, 0.25) is 0 Å². The van der Waals surface area contributed by atoms with E-state index >= 15 is 0 Å². The molecule has 0 aliphatic carbocycles. The summed E-state index contributed by atoms with van der Waals surface area (Å²) in [5.41, 5.74) is 5.21. The third-order valence-corrected chi connectivity index (χ3v) is 2.85. The van der Waals surface area contributed by atoms with Gasteiger partial charge < -0.3 is 11.1 Å². The number of amides is 1. The number of alkyl halides is 3. The van der Waals surface area contributed by atoms with Crippen molar-refractivity contribution in [1.82, 2.24) is 5.32 Å². The molecule has 1 aromatic carbocycles. The van der Waals surface area contributed by atoms with E-state index in [2.05, 4.69) is 5.32 Å². The Labute approximate surface area is 122 Å². The van der Waals surface area contributed by atoms with Gasteiger partial charge in [0, 0.05) is 0 Å². The molecule has 1 amide bonds. The minimum absolute atomic E-state index is 0. The maximum atomic E-state index is 12.6. The van der Waals surface area contributed by atoms with Gasteiger partial charge in [0.2, 0.25) is 5.91 Å². The summed E-state index contributed by atoms with van der Waals surface area (Å²) >= 11 is 0. The van der Waals surface area contributed by atoms with Crippen LogP contribution in [0.1, 0.15) is 37.4 Å². The maximum absolute atomic E-state index is 12.6. The SMILES string of the molecule is CC[C@H](N)C(=O)NC(C)c1cccc(C(F)(F)F)c1.Cl. The van der Waals surface area contributed by atoms with Gasteiger partial charge in [-0.25, -0.2) is 0 Å². The number of hydrogen-bond donors (Lipinski definition) is 2. The van der Waals surface area contributed by atoms with Crippen LogP contribution in [0.3, 0.4) is 0 Å². The van der Waals surface area contributed by atoms with Gasteiger partial charge in [-0.3, -0.25) is 4.79 Å². The molecule has 7 heteroatoms. The molecular weight excluding hydrogens is 293 g/mol. The number of hydrogen-bond acceptors (Lipinski definition) is 2. The molecule has 0 aromatic heterocycles. The molecule has 3 N–H and O–H groups in total. The van der Waals surface area contributed by atoms with E-state index in [1.807, 2.05) is 0 Å². The first kappa shape index (κ1) is 18.7.